The van der Waals surface area contributed by atoms with Crippen LogP contribution < -0.4 is 0 Å². The Bertz CT molecular complexity index is 2580. The van der Waals surface area contributed by atoms with Crippen LogP contribution in [0.3, 0.4) is 0 Å². The van der Waals surface area contributed by atoms with Crippen molar-refractivity contribution in [1.29, 1.82) is 0 Å². The molecule has 2 atom stereocenters. The SMILES string of the molecule is CCCC(=O)C[C@@H]1N=C(c2ccc(Cl)cc2)c2cc(CO)ccc2-n2c(C)nnc21.CCCC(=O)C[C@@H]1N=C(c2ccc(Cl)cc2)c2cc(O)ccc2-n2c(C)nnc21. The third-order valence-corrected chi connectivity index (χ3v) is 10.7. The Balaban J connectivity index is 0.000000179. The number of carbonyl (C=O) groups is 2. The first kappa shape index (κ1) is 41.3. The first-order valence-electron chi connectivity index (χ1n) is 19.6. The lowest BCUT2D eigenvalue weighted by molar-refractivity contribution is -0.120. The number of hydrogen-bond acceptors (Lipinski definition) is 10. The van der Waals surface area contributed by atoms with E-state index in [1.165, 1.54) is 0 Å². The molecule has 2 aliphatic rings. The van der Waals surface area contributed by atoms with Crippen LogP contribution in [0.25, 0.3) is 11.4 Å². The minimum absolute atomic E-state index is 0.0758. The maximum Gasteiger partial charge on any atom is 0.162 e. The summed E-state index contributed by atoms with van der Waals surface area (Å²) >= 11 is 12.2. The third kappa shape index (κ3) is 8.80. The van der Waals surface area contributed by atoms with E-state index >= 15 is 0 Å². The van der Waals surface area contributed by atoms with E-state index in [0.717, 1.165) is 63.6 Å². The van der Waals surface area contributed by atoms with Gasteiger partial charge in [-0.2, -0.15) is 0 Å². The Morgan fingerprint density at radius 3 is 1.51 bits per heavy atom. The second kappa shape index (κ2) is 18.0. The number of aromatic nitrogens is 6. The minimum atomic E-state index is -0.463. The molecule has 14 heteroatoms. The highest BCUT2D eigenvalue weighted by Gasteiger charge is 2.31. The molecular weight excluding hydrogens is 787 g/mol. The van der Waals surface area contributed by atoms with E-state index in [-0.39, 0.29) is 36.8 Å². The molecule has 2 aromatic heterocycles. The molecule has 0 unspecified atom stereocenters. The predicted octanol–water partition coefficient (Wildman–Crippen LogP) is 8.96. The number of carbonyl (C=O) groups excluding carboxylic acids is 2. The number of benzene rings is 4. The van der Waals surface area contributed by atoms with Crippen LogP contribution in [0, 0.1) is 13.8 Å². The molecule has 2 N–H and O–H groups in total. The van der Waals surface area contributed by atoms with Crippen molar-refractivity contribution in [2.45, 2.75) is 84.9 Å². The molecule has 0 saturated carbocycles. The number of phenolic OH excluding ortho intramolecular Hbond substituents is 1. The first-order chi connectivity index (χ1) is 28.5. The van der Waals surface area contributed by atoms with Gasteiger partial charge in [0, 0.05) is 58.0 Å². The summed E-state index contributed by atoms with van der Waals surface area (Å²) in [5.74, 6) is 3.13. The van der Waals surface area contributed by atoms with Gasteiger partial charge in [-0.3, -0.25) is 28.7 Å². The molecule has 0 amide bonds. The van der Waals surface area contributed by atoms with Crippen LogP contribution in [-0.2, 0) is 16.2 Å². The number of nitrogens with zero attached hydrogens (tertiary/aromatic N) is 8. The van der Waals surface area contributed by atoms with Crippen molar-refractivity contribution >= 4 is 46.2 Å². The molecule has 0 radical (unpaired) electrons. The van der Waals surface area contributed by atoms with Gasteiger partial charge in [0.1, 0.15) is 41.0 Å². The molecule has 4 aromatic carbocycles. The number of phenols is 1. The second-order valence-electron chi connectivity index (χ2n) is 14.6. The van der Waals surface area contributed by atoms with Gasteiger partial charge in [-0.15, -0.1) is 20.4 Å². The average Bonchev–Trinajstić information content (AvgIpc) is 3.73. The minimum Gasteiger partial charge on any atom is -0.508 e. The molecular formula is C45H44Cl2N8O4. The Kier molecular flexibility index (Phi) is 12.6. The number of aliphatic hydroxyl groups is 1. The quantitative estimate of drug-likeness (QED) is 0.131. The van der Waals surface area contributed by atoms with Crippen molar-refractivity contribution in [2.75, 3.05) is 0 Å². The normalized spacial score (nSPS) is 15.2. The number of hydrogen-bond donors (Lipinski definition) is 2. The zero-order valence-corrected chi connectivity index (χ0v) is 34.7. The fourth-order valence-corrected chi connectivity index (χ4v) is 7.72. The van der Waals surface area contributed by atoms with E-state index in [1.807, 2.05) is 97.5 Å². The molecule has 0 fully saturated rings. The van der Waals surface area contributed by atoms with Crippen LogP contribution in [0.4, 0.5) is 0 Å². The van der Waals surface area contributed by atoms with E-state index in [0.29, 0.717) is 46.1 Å². The third-order valence-electron chi connectivity index (χ3n) is 10.2. The zero-order valence-electron chi connectivity index (χ0n) is 33.2. The molecule has 6 aromatic rings. The van der Waals surface area contributed by atoms with Crippen LogP contribution in [0.5, 0.6) is 5.75 Å². The van der Waals surface area contributed by atoms with Crippen molar-refractivity contribution in [2.24, 2.45) is 9.98 Å². The Labute approximate surface area is 352 Å². The molecule has 8 rings (SSSR count). The number of rotatable bonds is 11. The lowest BCUT2D eigenvalue weighted by atomic mass is 9.98. The monoisotopic (exact) mass is 830 g/mol. The Morgan fingerprint density at radius 1 is 0.627 bits per heavy atom. The lowest BCUT2D eigenvalue weighted by Crippen LogP contribution is -2.11. The molecule has 4 heterocycles. The maximum absolute atomic E-state index is 12.5. The molecule has 0 bridgehead atoms. The van der Waals surface area contributed by atoms with Crippen molar-refractivity contribution < 1.29 is 19.8 Å². The van der Waals surface area contributed by atoms with E-state index in [2.05, 4.69) is 20.4 Å². The zero-order chi connectivity index (χ0) is 41.8. The number of aliphatic imine (C=N–C) groups is 2. The average molecular weight is 832 g/mol. The Morgan fingerprint density at radius 2 is 1.07 bits per heavy atom. The highest BCUT2D eigenvalue weighted by atomic mass is 35.5. The number of aromatic hydroxyl groups is 1. The fraction of sp³-hybridized carbons (Fsp3) is 0.289. The van der Waals surface area contributed by atoms with Gasteiger partial charge in [-0.05, 0) is 86.8 Å². The summed E-state index contributed by atoms with van der Waals surface area (Å²) in [6.45, 7) is 7.66. The van der Waals surface area contributed by atoms with Gasteiger partial charge < -0.3 is 10.2 Å². The molecule has 302 valence electrons. The molecule has 12 nitrogen and oxygen atoms in total. The van der Waals surface area contributed by atoms with Crippen molar-refractivity contribution in [3.8, 4) is 17.1 Å². The van der Waals surface area contributed by atoms with Crippen LogP contribution in [0.2, 0.25) is 10.0 Å². The molecule has 0 spiro atoms. The number of aliphatic hydroxyl groups excluding tert-OH is 1. The van der Waals surface area contributed by atoms with Gasteiger partial charge >= 0.3 is 0 Å². The highest BCUT2D eigenvalue weighted by Crippen LogP contribution is 2.36. The highest BCUT2D eigenvalue weighted by molar-refractivity contribution is 6.31. The van der Waals surface area contributed by atoms with Gasteiger partial charge in [0.15, 0.2) is 11.6 Å². The van der Waals surface area contributed by atoms with Crippen LogP contribution >= 0.6 is 23.2 Å². The molecule has 2 aliphatic heterocycles. The van der Waals surface area contributed by atoms with E-state index in [1.54, 1.807) is 24.3 Å². The van der Waals surface area contributed by atoms with E-state index in [9.17, 15) is 19.8 Å². The lowest BCUT2D eigenvalue weighted by Gasteiger charge is -2.14. The van der Waals surface area contributed by atoms with Crippen molar-refractivity contribution in [3.63, 3.8) is 0 Å². The summed E-state index contributed by atoms with van der Waals surface area (Å²) in [6, 6.07) is 24.8. The molecule has 0 saturated heterocycles. The first-order valence-corrected chi connectivity index (χ1v) is 20.4. The number of fused-ring (bicyclic) bond motifs is 6. The summed E-state index contributed by atoms with van der Waals surface area (Å²) in [4.78, 5) is 35.0. The summed E-state index contributed by atoms with van der Waals surface area (Å²) in [5, 5.41) is 38.4. The molecule has 0 aliphatic carbocycles. The fourth-order valence-electron chi connectivity index (χ4n) is 7.47. The summed E-state index contributed by atoms with van der Waals surface area (Å²) < 4.78 is 3.89. The smallest absolute Gasteiger partial charge is 0.162 e. The summed E-state index contributed by atoms with van der Waals surface area (Å²) in [6.07, 6.45) is 3.12. The number of ketones is 2. The van der Waals surface area contributed by atoms with Gasteiger partial charge in [0.25, 0.3) is 0 Å². The topological polar surface area (TPSA) is 161 Å². The summed E-state index contributed by atoms with van der Waals surface area (Å²) in [5.41, 5.74) is 7.26. The second-order valence-corrected chi connectivity index (χ2v) is 15.5. The number of Topliss-reactive ketones (excluding diaryl/α,β-unsaturated/α-hetero) is 2. The van der Waals surface area contributed by atoms with Crippen LogP contribution in [0.1, 0.15) is 116 Å². The Hall–Kier alpha value is -5.82. The van der Waals surface area contributed by atoms with Gasteiger partial charge in [0.2, 0.25) is 0 Å². The largest absolute Gasteiger partial charge is 0.508 e. The van der Waals surface area contributed by atoms with Crippen molar-refractivity contribution in [1.82, 2.24) is 29.5 Å². The van der Waals surface area contributed by atoms with Crippen molar-refractivity contribution in [3.05, 3.63) is 146 Å². The number of aryl methyl sites for hydroxylation is 2. The van der Waals surface area contributed by atoms with Crippen LogP contribution in [0.15, 0.2) is 94.9 Å². The van der Waals surface area contributed by atoms with Gasteiger partial charge in [0.05, 0.1) is 29.4 Å². The molecule has 59 heavy (non-hydrogen) atoms. The van der Waals surface area contributed by atoms with Crippen LogP contribution in [-0.4, -0.2) is 62.7 Å². The number of halogens is 2. The maximum atomic E-state index is 12.5. The standard InChI is InChI=1S/C23H23ClN4O2.C22H21ClN4O2/c1-3-4-18(30)12-20-23-27-26-14(2)28(23)21-10-5-15(13-29)11-19(21)22(25-20)16-6-8-17(24)9-7-16;1-3-4-16(28)12-19-22-26-25-13(2)27(22)20-10-9-17(29)11-18(20)21(24-19)14-5-7-15(23)8-6-14/h5-11,20,29H,3-4,12-13H2,1-2H3;5-11,19,29H,3-4,12H2,1-2H3/t20-;19-/m00/s1. The van der Waals surface area contributed by atoms with E-state index in [4.69, 9.17) is 33.2 Å². The van der Waals surface area contributed by atoms with E-state index < -0.39 is 12.1 Å². The van der Waals surface area contributed by atoms with Gasteiger partial charge in [-0.1, -0.05) is 67.4 Å². The summed E-state index contributed by atoms with van der Waals surface area (Å²) in [7, 11) is 0. The van der Waals surface area contributed by atoms with Gasteiger partial charge in [-0.25, -0.2) is 0 Å². The predicted molar refractivity (Wildman–Crippen MR) is 229 cm³/mol.